The van der Waals surface area contributed by atoms with E-state index in [1.807, 2.05) is 72.3 Å². The topological polar surface area (TPSA) is 250 Å². The van der Waals surface area contributed by atoms with Crippen LogP contribution in [0, 0.1) is 12.8 Å². The molecule has 0 aliphatic carbocycles. The van der Waals surface area contributed by atoms with Crippen molar-refractivity contribution >= 4 is 64.8 Å². The van der Waals surface area contributed by atoms with Gasteiger partial charge in [0.15, 0.2) is 0 Å². The number of carboxylic acids is 1. The Bertz CT molecular complexity index is 2560. The lowest BCUT2D eigenvalue weighted by molar-refractivity contribution is -0.145. The molecule has 2 heterocycles. The lowest BCUT2D eigenvalue weighted by atomic mass is 9.84. The molecule has 0 spiro atoms. The van der Waals surface area contributed by atoms with Gasteiger partial charge in [-0.05, 0) is 90.1 Å². The molecule has 5 aromatic rings. The second-order valence-corrected chi connectivity index (χ2v) is 18.3. The molecule has 0 radical (unpaired) electrons. The summed E-state index contributed by atoms with van der Waals surface area (Å²) in [6, 6.07) is 26.8. The summed E-state index contributed by atoms with van der Waals surface area (Å²) >= 11 is 0. The number of nitrogens with two attached hydrogens (primary N) is 1. The van der Waals surface area contributed by atoms with Gasteiger partial charge in [-0.15, -0.1) is 0 Å². The Morgan fingerprint density at radius 2 is 1.50 bits per heavy atom. The molecule has 1 fully saturated rings. The zero-order valence-corrected chi connectivity index (χ0v) is 36.6. The Labute approximate surface area is 370 Å². The Balaban J connectivity index is 1.16. The minimum atomic E-state index is -4.35. The van der Waals surface area contributed by atoms with Crippen LogP contribution >= 0.6 is 7.60 Å². The van der Waals surface area contributed by atoms with Crippen molar-refractivity contribution in [1.29, 1.82) is 0 Å². The molecule has 1 saturated heterocycles. The van der Waals surface area contributed by atoms with Crippen LogP contribution in [0.1, 0.15) is 60.8 Å². The van der Waals surface area contributed by atoms with Crippen LogP contribution in [0.4, 0.5) is 0 Å². The van der Waals surface area contributed by atoms with E-state index in [4.69, 9.17) is 5.73 Å². The van der Waals surface area contributed by atoms with Crippen LogP contribution in [-0.4, -0.2) is 91.1 Å². The number of hydrogen-bond acceptors (Lipinski definition) is 7. The maximum absolute atomic E-state index is 14.5. The van der Waals surface area contributed by atoms with Gasteiger partial charge in [0.2, 0.25) is 29.5 Å². The van der Waals surface area contributed by atoms with Gasteiger partial charge in [0, 0.05) is 44.3 Å². The number of aliphatic carboxylic acids is 1. The largest absolute Gasteiger partial charge is 0.481 e. The summed E-state index contributed by atoms with van der Waals surface area (Å²) in [5, 5.41) is 21.3. The van der Waals surface area contributed by atoms with Crippen molar-refractivity contribution in [2.24, 2.45) is 11.7 Å². The lowest BCUT2D eigenvalue weighted by Crippen LogP contribution is -2.66. The number of amides is 5. The SMILES string of the molecule is Cc1ccc2c(ccn2CCC(=O)N2CCC(NC(=O)[C@@H](CC(=O)O)Cc3ccc(CP(=O)(O)O)cc3)(C(=O)N[C@@H](CC(N)=O)C(=O)NCCCc3ccc4ccccc4c3)CC2)c1. The normalized spacial score (nSPS) is 14.7. The summed E-state index contributed by atoms with van der Waals surface area (Å²) in [7, 11) is -4.35. The number of likely N-dealkylation sites (tertiary alicyclic amines) is 1. The summed E-state index contributed by atoms with van der Waals surface area (Å²) in [6.07, 6.45) is 1.39. The van der Waals surface area contributed by atoms with Gasteiger partial charge in [-0.25, -0.2) is 0 Å². The van der Waals surface area contributed by atoms with Gasteiger partial charge in [-0.2, -0.15) is 0 Å². The monoisotopic (exact) mass is 894 g/mol. The number of nitrogens with one attached hydrogen (secondary N) is 3. The molecule has 1 aliphatic heterocycles. The molecular weight excluding hydrogens is 840 g/mol. The summed E-state index contributed by atoms with van der Waals surface area (Å²) < 4.78 is 13.5. The fourth-order valence-corrected chi connectivity index (χ4v) is 8.96. The zero-order chi connectivity index (χ0) is 46.0. The average Bonchev–Trinajstić information content (AvgIpc) is 3.65. The highest BCUT2D eigenvalue weighted by Crippen LogP contribution is 2.39. The number of hydrogen-bond donors (Lipinski definition) is 7. The van der Waals surface area contributed by atoms with Crippen molar-refractivity contribution in [2.45, 2.75) is 82.6 Å². The van der Waals surface area contributed by atoms with E-state index >= 15 is 0 Å². The molecule has 1 aromatic heterocycles. The third-order valence-corrected chi connectivity index (χ3v) is 12.5. The standard InChI is InChI=1S/C47H55N6O10P/c1-31-8-15-40-37(25-31)16-21-52(40)22-17-42(55)53-23-18-47(19-24-53,51-44(58)38(28-43(56)57)27-33-9-11-34(12-10-33)30-64(61,62)63)46(60)50-39(29-41(48)54)45(59)49-20-4-5-32-13-14-35-6-2-3-7-36(35)26-32/h2-3,6-16,21,25-26,38-39H,4-5,17-20,22-24,27-30H2,1H3,(H2,48,54)(H,49,59)(H,50,60)(H,51,58)(H,56,57)(H2,61,62,63)/t38-,39+/m1/s1. The van der Waals surface area contributed by atoms with Crippen LogP contribution in [0.3, 0.4) is 0 Å². The molecule has 0 saturated carbocycles. The minimum Gasteiger partial charge on any atom is -0.481 e. The van der Waals surface area contributed by atoms with Gasteiger partial charge in [-0.1, -0.05) is 78.4 Å². The van der Waals surface area contributed by atoms with E-state index in [1.165, 1.54) is 12.1 Å². The van der Waals surface area contributed by atoms with Gasteiger partial charge in [0.05, 0.1) is 24.9 Å². The predicted octanol–water partition coefficient (Wildman–Crippen LogP) is 4.09. The molecular formula is C47H55N6O10P. The smallest absolute Gasteiger partial charge is 0.329 e. The number of piperidine rings is 1. The number of carboxylic acid groups (broad SMARTS) is 1. The van der Waals surface area contributed by atoms with E-state index in [1.54, 1.807) is 17.0 Å². The quantitative estimate of drug-likeness (QED) is 0.0436. The summed E-state index contributed by atoms with van der Waals surface area (Å²) in [5.41, 5.74) is 7.87. The number of rotatable bonds is 20. The molecule has 6 rings (SSSR count). The molecule has 0 unspecified atom stereocenters. The second-order valence-electron chi connectivity index (χ2n) is 16.7. The Morgan fingerprint density at radius 1 is 0.812 bits per heavy atom. The van der Waals surface area contributed by atoms with Crippen molar-refractivity contribution in [2.75, 3.05) is 19.6 Å². The van der Waals surface area contributed by atoms with E-state index in [0.717, 1.165) is 32.8 Å². The number of primary amides is 1. The summed E-state index contributed by atoms with van der Waals surface area (Å²) in [4.78, 5) is 100. The maximum Gasteiger partial charge on any atom is 0.329 e. The van der Waals surface area contributed by atoms with Gasteiger partial charge >= 0.3 is 13.6 Å². The molecule has 5 amide bonds. The third kappa shape index (κ3) is 12.9. The second kappa shape index (κ2) is 20.9. The van der Waals surface area contributed by atoms with Crippen LogP contribution in [0.2, 0.25) is 0 Å². The first-order valence-electron chi connectivity index (χ1n) is 21.3. The van der Waals surface area contributed by atoms with Crippen molar-refractivity contribution in [1.82, 2.24) is 25.4 Å². The summed E-state index contributed by atoms with van der Waals surface area (Å²) in [5.74, 6) is -5.71. The summed E-state index contributed by atoms with van der Waals surface area (Å²) in [6.45, 7) is 2.74. The number of aryl methyl sites for hydroxylation is 3. The Morgan fingerprint density at radius 3 is 2.19 bits per heavy atom. The highest BCUT2D eigenvalue weighted by Gasteiger charge is 2.46. The van der Waals surface area contributed by atoms with E-state index in [-0.39, 0.29) is 51.2 Å². The van der Waals surface area contributed by atoms with Crippen LogP contribution in [0.25, 0.3) is 21.7 Å². The fraction of sp³-hybridized carbons (Fsp3) is 0.362. The number of aromatic nitrogens is 1. The van der Waals surface area contributed by atoms with Crippen LogP contribution in [0.15, 0.2) is 97.2 Å². The molecule has 64 heavy (non-hydrogen) atoms. The van der Waals surface area contributed by atoms with Crippen molar-refractivity contribution in [3.05, 3.63) is 119 Å². The third-order valence-electron chi connectivity index (χ3n) is 11.7. The number of carbonyl (C=O) groups is 6. The number of fused-ring (bicyclic) bond motifs is 2. The molecule has 338 valence electrons. The van der Waals surface area contributed by atoms with Crippen molar-refractivity contribution < 1.29 is 48.2 Å². The lowest BCUT2D eigenvalue weighted by Gasteiger charge is -2.42. The fourth-order valence-electron chi connectivity index (χ4n) is 8.27. The molecule has 16 nitrogen and oxygen atoms in total. The average molecular weight is 895 g/mol. The number of carbonyl (C=O) groups excluding carboxylic acids is 5. The first-order valence-corrected chi connectivity index (χ1v) is 23.1. The van der Waals surface area contributed by atoms with E-state index in [0.29, 0.717) is 30.5 Å². The van der Waals surface area contributed by atoms with Gasteiger partial charge in [-0.3, -0.25) is 33.3 Å². The van der Waals surface area contributed by atoms with Crippen LogP contribution in [-0.2, 0) is 58.9 Å². The van der Waals surface area contributed by atoms with Gasteiger partial charge < -0.3 is 46.0 Å². The maximum atomic E-state index is 14.5. The zero-order valence-electron chi connectivity index (χ0n) is 35.7. The highest BCUT2D eigenvalue weighted by molar-refractivity contribution is 7.50. The van der Waals surface area contributed by atoms with Crippen LogP contribution in [0.5, 0.6) is 0 Å². The minimum absolute atomic E-state index is 0.0459. The molecule has 4 aromatic carbocycles. The van der Waals surface area contributed by atoms with Gasteiger partial charge in [0.25, 0.3) is 0 Å². The number of benzene rings is 4. The van der Waals surface area contributed by atoms with Crippen molar-refractivity contribution in [3.8, 4) is 0 Å². The first kappa shape index (κ1) is 47.1. The number of nitrogens with zero attached hydrogens (tertiary/aromatic N) is 2. The Hall–Kier alpha value is -6.35. The molecule has 0 bridgehead atoms. The van der Waals surface area contributed by atoms with E-state index in [2.05, 4.69) is 28.1 Å². The molecule has 1 aliphatic rings. The van der Waals surface area contributed by atoms with E-state index in [9.17, 15) is 48.2 Å². The highest BCUT2D eigenvalue weighted by atomic mass is 31.2. The Kier molecular flexibility index (Phi) is 15.4. The van der Waals surface area contributed by atoms with Crippen LogP contribution < -0.4 is 21.7 Å². The first-order chi connectivity index (χ1) is 30.5. The molecule has 2 atom stereocenters. The van der Waals surface area contributed by atoms with E-state index < -0.39 is 73.7 Å². The van der Waals surface area contributed by atoms with Gasteiger partial charge in [0.1, 0.15) is 11.6 Å². The molecule has 17 heteroatoms. The molecule has 8 N–H and O–H groups in total. The van der Waals surface area contributed by atoms with Crippen molar-refractivity contribution in [3.63, 3.8) is 0 Å². The predicted molar refractivity (Wildman–Crippen MR) is 241 cm³/mol.